The van der Waals surface area contributed by atoms with Crippen molar-refractivity contribution in [2.75, 3.05) is 13.1 Å². The van der Waals surface area contributed by atoms with E-state index in [0.717, 1.165) is 12.8 Å². The maximum Gasteiger partial charge on any atom is 0.314 e. The smallest absolute Gasteiger partial charge is 0.314 e. The molecule has 0 fully saturated rings. The van der Waals surface area contributed by atoms with Crippen LogP contribution in [0.25, 0.3) is 0 Å². The summed E-state index contributed by atoms with van der Waals surface area (Å²) in [5.74, 6) is -0.776. The Morgan fingerprint density at radius 1 is 1.24 bits per heavy atom. The van der Waals surface area contributed by atoms with E-state index in [9.17, 15) is 9.59 Å². The topological polar surface area (TPSA) is 78.4 Å². The minimum Gasteiger partial charge on any atom is -0.481 e. The molecule has 2 amide bonds. The van der Waals surface area contributed by atoms with Crippen LogP contribution in [0.3, 0.4) is 0 Å². The van der Waals surface area contributed by atoms with Crippen molar-refractivity contribution in [1.29, 1.82) is 0 Å². The lowest BCUT2D eigenvalue weighted by Crippen LogP contribution is -2.38. The summed E-state index contributed by atoms with van der Waals surface area (Å²) in [7, 11) is 0. The van der Waals surface area contributed by atoms with Gasteiger partial charge in [-0.3, -0.25) is 4.79 Å². The van der Waals surface area contributed by atoms with Gasteiger partial charge in [-0.25, -0.2) is 4.79 Å². The van der Waals surface area contributed by atoms with Crippen molar-refractivity contribution in [2.24, 2.45) is 5.41 Å². The molecule has 0 spiro atoms. The van der Waals surface area contributed by atoms with Gasteiger partial charge in [-0.05, 0) is 47.1 Å². The average molecular weight is 312 g/mol. The Labute approximate surface area is 129 Å². The first-order chi connectivity index (χ1) is 9.89. The van der Waals surface area contributed by atoms with Gasteiger partial charge in [-0.15, -0.1) is 0 Å². The molecule has 1 rings (SSSR count). The largest absolute Gasteiger partial charge is 0.481 e. The minimum atomic E-state index is -0.776. The molecule has 0 aliphatic carbocycles. The quantitative estimate of drug-likeness (QED) is 0.656. The maximum absolute atomic E-state index is 11.6. The summed E-state index contributed by atoms with van der Waals surface area (Å²) in [6.45, 7) is 5.21. The van der Waals surface area contributed by atoms with Crippen molar-refractivity contribution in [2.45, 2.75) is 39.5 Å². The molecule has 0 saturated heterocycles. The Bertz CT molecular complexity index is 444. The van der Waals surface area contributed by atoms with Gasteiger partial charge in [0.15, 0.2) is 0 Å². The lowest BCUT2D eigenvalue weighted by molar-refractivity contribution is -0.137. The van der Waals surface area contributed by atoms with Gasteiger partial charge < -0.3 is 15.7 Å². The fraction of sp³-hybridized carbons (Fsp3) is 0.600. The first-order valence-electron chi connectivity index (χ1n) is 7.14. The molecule has 0 bridgehead atoms. The molecule has 0 saturated carbocycles. The number of carbonyl (C=O) groups excluding carboxylic acids is 1. The summed E-state index contributed by atoms with van der Waals surface area (Å²) >= 11 is 1.65. The number of hydrogen-bond donors (Lipinski definition) is 3. The van der Waals surface area contributed by atoms with Gasteiger partial charge in [0.25, 0.3) is 0 Å². The molecule has 118 valence electrons. The molecule has 0 atom stereocenters. The van der Waals surface area contributed by atoms with Gasteiger partial charge in [0, 0.05) is 19.5 Å². The standard InChI is InChI=1S/C15H24N2O3S/c1-15(2,6-3-13(18)19)7-9-17-14(20)16-8-4-12-5-10-21-11-12/h5,10-11H,3-4,6-9H2,1-2H3,(H,18,19)(H2,16,17,20). The van der Waals surface area contributed by atoms with Gasteiger partial charge in [0.1, 0.15) is 0 Å². The fourth-order valence-electron chi connectivity index (χ4n) is 1.90. The average Bonchev–Trinajstić information content (AvgIpc) is 2.89. The molecule has 1 aromatic rings. The molecule has 3 N–H and O–H groups in total. The van der Waals surface area contributed by atoms with E-state index in [1.54, 1.807) is 11.3 Å². The number of carboxylic acids is 1. The fourth-order valence-corrected chi connectivity index (χ4v) is 2.61. The van der Waals surface area contributed by atoms with E-state index in [4.69, 9.17) is 5.11 Å². The normalized spacial score (nSPS) is 11.1. The molecule has 0 aliphatic rings. The summed E-state index contributed by atoms with van der Waals surface area (Å²) in [6.07, 6.45) is 2.38. The molecule has 0 unspecified atom stereocenters. The van der Waals surface area contributed by atoms with E-state index in [0.29, 0.717) is 19.5 Å². The molecule has 21 heavy (non-hydrogen) atoms. The number of nitrogens with one attached hydrogen (secondary N) is 2. The van der Waals surface area contributed by atoms with E-state index in [2.05, 4.69) is 22.1 Å². The van der Waals surface area contributed by atoms with Crippen LogP contribution in [0.4, 0.5) is 4.79 Å². The van der Waals surface area contributed by atoms with Crippen LogP contribution in [0.5, 0.6) is 0 Å². The van der Waals surface area contributed by atoms with Crippen LogP contribution in [0.15, 0.2) is 16.8 Å². The van der Waals surface area contributed by atoms with E-state index in [1.165, 1.54) is 5.56 Å². The Kier molecular flexibility index (Phi) is 7.22. The van der Waals surface area contributed by atoms with Crippen LogP contribution in [-0.2, 0) is 11.2 Å². The van der Waals surface area contributed by atoms with Crippen LogP contribution in [0, 0.1) is 5.41 Å². The molecule has 1 aromatic heterocycles. The Hall–Kier alpha value is -1.56. The number of amides is 2. The van der Waals surface area contributed by atoms with Crippen molar-refractivity contribution in [3.63, 3.8) is 0 Å². The molecule has 0 radical (unpaired) electrons. The van der Waals surface area contributed by atoms with Crippen LogP contribution in [0.1, 0.15) is 38.7 Å². The first-order valence-corrected chi connectivity index (χ1v) is 8.08. The lowest BCUT2D eigenvalue weighted by atomic mass is 9.84. The molecule has 6 heteroatoms. The van der Waals surface area contributed by atoms with Gasteiger partial charge >= 0.3 is 12.0 Å². The summed E-state index contributed by atoms with van der Waals surface area (Å²) in [4.78, 5) is 22.2. The summed E-state index contributed by atoms with van der Waals surface area (Å²) in [6, 6.07) is 1.88. The highest BCUT2D eigenvalue weighted by Crippen LogP contribution is 2.25. The summed E-state index contributed by atoms with van der Waals surface area (Å²) < 4.78 is 0. The zero-order valence-electron chi connectivity index (χ0n) is 12.6. The van der Waals surface area contributed by atoms with Gasteiger partial charge in [0.2, 0.25) is 0 Å². The Morgan fingerprint density at radius 3 is 2.57 bits per heavy atom. The van der Waals surface area contributed by atoms with E-state index < -0.39 is 5.97 Å². The second kappa shape index (κ2) is 8.67. The third-order valence-electron chi connectivity index (χ3n) is 3.38. The van der Waals surface area contributed by atoms with E-state index in [-0.39, 0.29) is 17.9 Å². The van der Waals surface area contributed by atoms with Gasteiger partial charge in [-0.2, -0.15) is 11.3 Å². The second-order valence-corrected chi connectivity index (χ2v) is 6.65. The highest BCUT2D eigenvalue weighted by atomic mass is 32.1. The zero-order valence-corrected chi connectivity index (χ0v) is 13.5. The second-order valence-electron chi connectivity index (χ2n) is 5.87. The lowest BCUT2D eigenvalue weighted by Gasteiger charge is -2.23. The minimum absolute atomic E-state index is 0.0810. The molecule has 5 nitrogen and oxygen atoms in total. The number of aliphatic carboxylic acids is 1. The Morgan fingerprint density at radius 2 is 1.95 bits per heavy atom. The van der Waals surface area contributed by atoms with Crippen molar-refractivity contribution < 1.29 is 14.7 Å². The SMILES string of the molecule is CC(C)(CCNC(=O)NCCc1ccsc1)CCC(=O)O. The Balaban J connectivity index is 2.10. The third-order valence-corrected chi connectivity index (χ3v) is 4.11. The zero-order chi connectivity index (χ0) is 15.7. The summed E-state index contributed by atoms with van der Waals surface area (Å²) in [5.41, 5.74) is 1.15. The van der Waals surface area contributed by atoms with Crippen molar-refractivity contribution in [3.05, 3.63) is 22.4 Å². The molecule has 0 aromatic carbocycles. The highest BCUT2D eigenvalue weighted by Gasteiger charge is 2.19. The molecular formula is C15H24N2O3S. The van der Waals surface area contributed by atoms with Crippen molar-refractivity contribution in [3.8, 4) is 0 Å². The first kappa shape index (κ1) is 17.5. The number of urea groups is 1. The number of hydrogen-bond acceptors (Lipinski definition) is 3. The number of carboxylic acid groups (broad SMARTS) is 1. The van der Waals surface area contributed by atoms with Gasteiger partial charge in [0.05, 0.1) is 0 Å². The highest BCUT2D eigenvalue weighted by molar-refractivity contribution is 7.07. The predicted molar refractivity (Wildman–Crippen MR) is 84.7 cm³/mol. The van der Waals surface area contributed by atoms with E-state index in [1.807, 2.05) is 19.2 Å². The molecule has 0 aliphatic heterocycles. The van der Waals surface area contributed by atoms with Gasteiger partial charge in [-0.1, -0.05) is 13.8 Å². The number of carbonyl (C=O) groups is 2. The summed E-state index contributed by atoms with van der Waals surface area (Å²) in [5, 5.41) is 18.4. The van der Waals surface area contributed by atoms with Crippen LogP contribution in [-0.4, -0.2) is 30.2 Å². The number of thiophene rings is 1. The maximum atomic E-state index is 11.6. The monoisotopic (exact) mass is 312 g/mol. The van der Waals surface area contributed by atoms with Crippen molar-refractivity contribution >= 4 is 23.3 Å². The predicted octanol–water partition coefficient (Wildman–Crippen LogP) is 2.87. The van der Waals surface area contributed by atoms with Crippen molar-refractivity contribution in [1.82, 2.24) is 10.6 Å². The third kappa shape index (κ3) is 8.34. The van der Waals surface area contributed by atoms with Crippen LogP contribution >= 0.6 is 11.3 Å². The number of rotatable bonds is 9. The van der Waals surface area contributed by atoms with Crippen LogP contribution in [0.2, 0.25) is 0 Å². The van der Waals surface area contributed by atoms with Crippen LogP contribution < -0.4 is 10.6 Å². The molecular weight excluding hydrogens is 288 g/mol. The molecule has 1 heterocycles. The van der Waals surface area contributed by atoms with E-state index >= 15 is 0 Å².